The fourth-order valence-electron chi connectivity index (χ4n) is 1.83. The Hall–Kier alpha value is -0.710. The molecule has 5 heteroatoms. The predicted octanol–water partition coefficient (Wildman–Crippen LogP) is 0.462. The largest absolute Gasteiger partial charge is 0.339 e. The van der Waals surface area contributed by atoms with Crippen molar-refractivity contribution in [3.63, 3.8) is 0 Å². The summed E-state index contributed by atoms with van der Waals surface area (Å²) in [6.07, 6.45) is -0.260. The minimum absolute atomic E-state index is 0.208. The first-order chi connectivity index (χ1) is 6.50. The van der Waals surface area contributed by atoms with Crippen LogP contribution < -0.4 is 5.32 Å². The quantitative estimate of drug-likeness (QED) is 0.673. The molecule has 2 unspecified atom stereocenters. The first-order valence-corrected chi connectivity index (χ1v) is 4.91. The van der Waals surface area contributed by atoms with Gasteiger partial charge in [0.05, 0.1) is 0 Å². The van der Waals surface area contributed by atoms with Crippen LogP contribution in [0.15, 0.2) is 0 Å². The molecule has 0 aromatic carbocycles. The molecule has 80 valence electrons. The molecule has 0 radical (unpaired) electrons. The van der Waals surface area contributed by atoms with E-state index in [1.807, 2.05) is 6.92 Å². The Labute approximate surface area is 81.4 Å². The summed E-state index contributed by atoms with van der Waals surface area (Å²) in [7, 11) is 0. The van der Waals surface area contributed by atoms with E-state index in [2.05, 4.69) is 5.32 Å². The second-order valence-electron chi connectivity index (χ2n) is 4.16. The number of hydrogen-bond acceptors (Lipinski definition) is 2. The van der Waals surface area contributed by atoms with Crippen molar-refractivity contribution in [2.24, 2.45) is 5.92 Å². The minimum atomic E-state index is -2.73. The summed E-state index contributed by atoms with van der Waals surface area (Å²) in [5.74, 6) is -4.14. The second kappa shape index (κ2) is 3.15. The summed E-state index contributed by atoms with van der Waals surface area (Å²) in [5, 5.41) is 3.17. The molecule has 1 aliphatic carbocycles. The van der Waals surface area contributed by atoms with Crippen LogP contribution in [0.1, 0.15) is 13.3 Å². The van der Waals surface area contributed by atoms with Crippen LogP contribution in [0.25, 0.3) is 0 Å². The van der Waals surface area contributed by atoms with Gasteiger partial charge in [-0.25, -0.2) is 8.78 Å². The van der Waals surface area contributed by atoms with Crippen molar-refractivity contribution in [1.82, 2.24) is 10.2 Å². The highest BCUT2D eigenvalue weighted by Gasteiger charge is 2.62. The fraction of sp³-hybridized carbons (Fsp3) is 0.889. The Morgan fingerprint density at radius 3 is 2.71 bits per heavy atom. The standard InChI is InChI=1S/C9H14F2N2O/c1-6-5-13(3-2-12-6)8(14)7-4-9(7,10)11/h6-7,12H,2-5H2,1H3. The second-order valence-corrected chi connectivity index (χ2v) is 4.16. The lowest BCUT2D eigenvalue weighted by molar-refractivity contribution is -0.135. The van der Waals surface area contributed by atoms with Gasteiger partial charge in [-0.2, -0.15) is 0 Å². The number of nitrogens with one attached hydrogen (secondary N) is 1. The van der Waals surface area contributed by atoms with Crippen LogP contribution in [-0.4, -0.2) is 42.4 Å². The maximum atomic E-state index is 12.6. The van der Waals surface area contributed by atoms with Crippen molar-refractivity contribution in [2.75, 3.05) is 19.6 Å². The predicted molar refractivity (Wildman–Crippen MR) is 47.1 cm³/mol. The van der Waals surface area contributed by atoms with E-state index in [0.717, 1.165) is 0 Å². The number of nitrogens with zero attached hydrogens (tertiary/aromatic N) is 1. The average Bonchev–Trinajstić information content (AvgIpc) is 2.74. The molecule has 2 rings (SSSR count). The molecule has 1 N–H and O–H groups in total. The maximum absolute atomic E-state index is 12.6. The van der Waals surface area contributed by atoms with Gasteiger partial charge in [0.2, 0.25) is 5.91 Å². The molecule has 0 bridgehead atoms. The Morgan fingerprint density at radius 2 is 2.21 bits per heavy atom. The Kier molecular flexibility index (Phi) is 2.21. The molecule has 2 fully saturated rings. The van der Waals surface area contributed by atoms with Crippen molar-refractivity contribution < 1.29 is 13.6 Å². The van der Waals surface area contributed by atoms with Gasteiger partial charge in [-0.05, 0) is 6.92 Å². The number of rotatable bonds is 1. The van der Waals surface area contributed by atoms with Crippen LogP contribution in [0.3, 0.4) is 0 Å². The summed E-state index contributed by atoms with van der Waals surface area (Å²) in [6.45, 7) is 3.75. The zero-order valence-electron chi connectivity index (χ0n) is 8.09. The van der Waals surface area contributed by atoms with E-state index in [9.17, 15) is 13.6 Å². The zero-order valence-corrected chi connectivity index (χ0v) is 8.09. The van der Waals surface area contributed by atoms with E-state index < -0.39 is 11.8 Å². The van der Waals surface area contributed by atoms with E-state index in [0.29, 0.717) is 19.6 Å². The molecule has 1 aliphatic heterocycles. The molecule has 14 heavy (non-hydrogen) atoms. The van der Waals surface area contributed by atoms with Crippen LogP contribution in [0, 0.1) is 5.92 Å². The van der Waals surface area contributed by atoms with Gasteiger partial charge in [-0.15, -0.1) is 0 Å². The van der Waals surface area contributed by atoms with E-state index in [1.54, 1.807) is 4.90 Å². The molecule has 1 saturated heterocycles. The van der Waals surface area contributed by atoms with Gasteiger partial charge in [-0.3, -0.25) is 4.79 Å². The lowest BCUT2D eigenvalue weighted by Gasteiger charge is -2.32. The summed E-state index contributed by atoms with van der Waals surface area (Å²) in [6, 6.07) is 0.208. The number of carbonyl (C=O) groups is 1. The molecule has 2 aliphatic rings. The van der Waals surface area contributed by atoms with Crippen molar-refractivity contribution in [3.8, 4) is 0 Å². The maximum Gasteiger partial charge on any atom is 0.260 e. The highest BCUT2D eigenvalue weighted by atomic mass is 19.3. The molecule has 3 nitrogen and oxygen atoms in total. The smallest absolute Gasteiger partial charge is 0.260 e. The molecular weight excluding hydrogens is 190 g/mol. The number of amides is 1. The first-order valence-electron chi connectivity index (χ1n) is 4.91. The summed E-state index contributed by atoms with van der Waals surface area (Å²) >= 11 is 0. The van der Waals surface area contributed by atoms with Gasteiger partial charge in [0.1, 0.15) is 5.92 Å². The highest BCUT2D eigenvalue weighted by Crippen LogP contribution is 2.49. The van der Waals surface area contributed by atoms with Crippen molar-refractivity contribution >= 4 is 5.91 Å². The average molecular weight is 204 g/mol. The van der Waals surface area contributed by atoms with Gasteiger partial charge in [-0.1, -0.05) is 0 Å². The SMILES string of the molecule is CC1CN(C(=O)C2CC2(F)F)CCN1. The molecule has 1 saturated carbocycles. The number of halogens is 2. The Bertz CT molecular complexity index is 257. The third-order valence-electron chi connectivity index (χ3n) is 2.80. The van der Waals surface area contributed by atoms with Gasteiger partial charge >= 0.3 is 0 Å². The normalized spacial score (nSPS) is 35.5. The van der Waals surface area contributed by atoms with Gasteiger partial charge in [0.15, 0.2) is 0 Å². The number of piperazine rings is 1. The van der Waals surface area contributed by atoms with E-state index >= 15 is 0 Å². The molecule has 0 aromatic rings. The third kappa shape index (κ3) is 1.73. The third-order valence-corrected chi connectivity index (χ3v) is 2.80. The van der Waals surface area contributed by atoms with Gasteiger partial charge in [0.25, 0.3) is 5.92 Å². The van der Waals surface area contributed by atoms with Gasteiger partial charge < -0.3 is 10.2 Å². The summed E-state index contributed by atoms with van der Waals surface area (Å²) < 4.78 is 25.3. The Morgan fingerprint density at radius 1 is 1.57 bits per heavy atom. The fourth-order valence-corrected chi connectivity index (χ4v) is 1.83. The number of alkyl halides is 2. The van der Waals surface area contributed by atoms with Crippen molar-refractivity contribution in [3.05, 3.63) is 0 Å². The summed E-state index contributed by atoms with van der Waals surface area (Å²) in [4.78, 5) is 13.1. The van der Waals surface area contributed by atoms with Crippen LogP contribution in [0.5, 0.6) is 0 Å². The molecule has 2 atom stereocenters. The van der Waals surface area contributed by atoms with Crippen LogP contribution >= 0.6 is 0 Å². The van der Waals surface area contributed by atoms with E-state index in [4.69, 9.17) is 0 Å². The molecule has 1 amide bonds. The highest BCUT2D eigenvalue weighted by molar-refractivity contribution is 5.83. The monoisotopic (exact) mass is 204 g/mol. The van der Waals surface area contributed by atoms with Gasteiger partial charge in [0, 0.05) is 32.1 Å². The van der Waals surface area contributed by atoms with Crippen molar-refractivity contribution in [1.29, 1.82) is 0 Å². The number of hydrogen-bond donors (Lipinski definition) is 1. The minimum Gasteiger partial charge on any atom is -0.339 e. The molecule has 1 heterocycles. The van der Waals surface area contributed by atoms with Crippen molar-refractivity contribution in [2.45, 2.75) is 25.3 Å². The number of carbonyl (C=O) groups excluding carboxylic acids is 1. The van der Waals surface area contributed by atoms with Crippen LogP contribution in [0.2, 0.25) is 0 Å². The van der Waals surface area contributed by atoms with Crippen LogP contribution in [-0.2, 0) is 4.79 Å². The molecular formula is C9H14F2N2O. The molecule has 0 spiro atoms. The summed E-state index contributed by atoms with van der Waals surface area (Å²) in [5.41, 5.74) is 0. The van der Waals surface area contributed by atoms with Crippen LogP contribution in [0.4, 0.5) is 8.78 Å². The van der Waals surface area contributed by atoms with E-state index in [-0.39, 0.29) is 18.4 Å². The lowest BCUT2D eigenvalue weighted by Crippen LogP contribution is -2.52. The molecule has 0 aromatic heterocycles. The lowest BCUT2D eigenvalue weighted by atomic mass is 10.2. The Balaban J connectivity index is 1.92. The topological polar surface area (TPSA) is 32.3 Å². The van der Waals surface area contributed by atoms with E-state index in [1.165, 1.54) is 0 Å². The first kappa shape index (κ1) is 9.83. The zero-order chi connectivity index (χ0) is 10.3.